The van der Waals surface area contributed by atoms with Gasteiger partial charge in [-0.1, -0.05) is 35.9 Å². The molecule has 0 aliphatic carbocycles. The minimum atomic E-state index is -0.465. The van der Waals surface area contributed by atoms with Gasteiger partial charge >= 0.3 is 0 Å². The van der Waals surface area contributed by atoms with Crippen LogP contribution in [0.3, 0.4) is 0 Å². The van der Waals surface area contributed by atoms with E-state index in [9.17, 15) is 9.18 Å². The number of hydrogen-bond donors (Lipinski definition) is 0. The molecule has 0 saturated carbocycles. The lowest BCUT2D eigenvalue weighted by molar-refractivity contribution is 0.0737. The molecule has 1 atom stereocenters. The molecule has 2 nitrogen and oxygen atoms in total. The SMILES string of the molecule is Cc1cccc(C(=O)N(C)C(C)c2cccc(Cl)c2)c1F. The second-order valence-corrected chi connectivity index (χ2v) is 5.52. The normalized spacial score (nSPS) is 12.0. The Morgan fingerprint density at radius 2 is 1.90 bits per heavy atom. The van der Waals surface area contributed by atoms with Crippen LogP contribution in [0.5, 0.6) is 0 Å². The third-order valence-electron chi connectivity index (χ3n) is 3.65. The maximum absolute atomic E-state index is 14.1. The molecule has 0 heterocycles. The molecule has 1 unspecified atom stereocenters. The van der Waals surface area contributed by atoms with E-state index < -0.39 is 5.82 Å². The van der Waals surface area contributed by atoms with Crippen LogP contribution < -0.4 is 0 Å². The Morgan fingerprint density at radius 1 is 1.24 bits per heavy atom. The monoisotopic (exact) mass is 305 g/mol. The largest absolute Gasteiger partial charge is 0.335 e. The number of benzene rings is 2. The summed E-state index contributed by atoms with van der Waals surface area (Å²) in [5.74, 6) is -0.809. The van der Waals surface area contributed by atoms with E-state index in [-0.39, 0.29) is 17.5 Å². The van der Waals surface area contributed by atoms with E-state index in [4.69, 9.17) is 11.6 Å². The second-order valence-electron chi connectivity index (χ2n) is 5.08. The van der Waals surface area contributed by atoms with Gasteiger partial charge in [0.2, 0.25) is 0 Å². The van der Waals surface area contributed by atoms with Crippen LogP contribution in [0.4, 0.5) is 4.39 Å². The van der Waals surface area contributed by atoms with E-state index in [0.717, 1.165) is 5.56 Å². The van der Waals surface area contributed by atoms with E-state index >= 15 is 0 Å². The number of halogens is 2. The highest BCUT2D eigenvalue weighted by Crippen LogP contribution is 2.24. The molecular formula is C17H17ClFNO. The Kier molecular flexibility index (Phi) is 4.63. The topological polar surface area (TPSA) is 20.3 Å². The van der Waals surface area contributed by atoms with E-state index in [1.165, 1.54) is 11.0 Å². The van der Waals surface area contributed by atoms with Gasteiger partial charge in [-0.15, -0.1) is 0 Å². The number of rotatable bonds is 3. The number of nitrogens with zero attached hydrogens (tertiary/aromatic N) is 1. The highest BCUT2D eigenvalue weighted by Gasteiger charge is 2.22. The van der Waals surface area contributed by atoms with Crippen molar-refractivity contribution in [2.45, 2.75) is 19.9 Å². The number of aryl methyl sites for hydroxylation is 1. The summed E-state index contributed by atoms with van der Waals surface area (Å²) in [4.78, 5) is 14.0. The second kappa shape index (κ2) is 6.27. The van der Waals surface area contributed by atoms with Crippen molar-refractivity contribution in [1.82, 2.24) is 4.90 Å². The van der Waals surface area contributed by atoms with Gasteiger partial charge in [-0.25, -0.2) is 4.39 Å². The summed E-state index contributed by atoms with van der Waals surface area (Å²) < 4.78 is 14.1. The summed E-state index contributed by atoms with van der Waals surface area (Å²) in [6.45, 7) is 3.53. The molecule has 2 rings (SSSR count). The molecule has 0 aliphatic rings. The third-order valence-corrected chi connectivity index (χ3v) is 3.89. The van der Waals surface area contributed by atoms with Gasteiger partial charge in [-0.3, -0.25) is 4.79 Å². The van der Waals surface area contributed by atoms with Crippen LogP contribution in [0.1, 0.15) is 34.5 Å². The molecule has 1 amide bonds. The van der Waals surface area contributed by atoms with Crippen LogP contribution in [0, 0.1) is 12.7 Å². The van der Waals surface area contributed by atoms with Gasteiger partial charge in [-0.05, 0) is 43.2 Å². The van der Waals surface area contributed by atoms with Gasteiger partial charge in [0.1, 0.15) is 5.82 Å². The molecule has 0 aromatic heterocycles. The molecule has 2 aromatic rings. The zero-order valence-electron chi connectivity index (χ0n) is 12.2. The predicted octanol–water partition coefficient (Wildman–Crippen LogP) is 4.62. The quantitative estimate of drug-likeness (QED) is 0.810. The van der Waals surface area contributed by atoms with Gasteiger partial charge in [0.25, 0.3) is 5.91 Å². The van der Waals surface area contributed by atoms with E-state index in [0.29, 0.717) is 10.6 Å². The number of amides is 1. The Hall–Kier alpha value is -1.87. The van der Waals surface area contributed by atoms with Crippen LogP contribution in [-0.4, -0.2) is 17.9 Å². The Labute approximate surface area is 129 Å². The Bertz CT molecular complexity index is 672. The van der Waals surface area contributed by atoms with Crippen LogP contribution in [-0.2, 0) is 0 Å². The highest BCUT2D eigenvalue weighted by molar-refractivity contribution is 6.30. The Balaban J connectivity index is 2.29. The summed E-state index contributed by atoms with van der Waals surface area (Å²) >= 11 is 5.97. The minimum absolute atomic E-state index is 0.0892. The predicted molar refractivity (Wildman–Crippen MR) is 83.1 cm³/mol. The van der Waals surface area contributed by atoms with Gasteiger partial charge in [0.15, 0.2) is 0 Å². The third kappa shape index (κ3) is 3.24. The molecule has 0 fully saturated rings. The van der Waals surface area contributed by atoms with Crippen molar-refractivity contribution in [2.24, 2.45) is 0 Å². The summed E-state index contributed by atoms with van der Waals surface area (Å²) in [5.41, 5.74) is 1.46. The first kappa shape index (κ1) is 15.5. The average Bonchev–Trinajstić information content (AvgIpc) is 2.48. The van der Waals surface area contributed by atoms with E-state index in [2.05, 4.69) is 0 Å². The molecule has 0 spiro atoms. The number of carbonyl (C=O) groups excluding carboxylic acids is 1. The van der Waals surface area contributed by atoms with Crippen molar-refractivity contribution in [3.8, 4) is 0 Å². The Morgan fingerprint density at radius 3 is 2.57 bits per heavy atom. The first-order chi connectivity index (χ1) is 9.91. The molecule has 0 bridgehead atoms. The minimum Gasteiger partial charge on any atom is -0.335 e. The first-order valence-electron chi connectivity index (χ1n) is 6.69. The fourth-order valence-corrected chi connectivity index (χ4v) is 2.37. The number of carbonyl (C=O) groups is 1. The molecule has 0 radical (unpaired) electrons. The van der Waals surface area contributed by atoms with Gasteiger partial charge < -0.3 is 4.90 Å². The van der Waals surface area contributed by atoms with Crippen LogP contribution in [0.25, 0.3) is 0 Å². The van der Waals surface area contributed by atoms with Crippen molar-refractivity contribution in [3.63, 3.8) is 0 Å². The lowest BCUT2D eigenvalue weighted by Crippen LogP contribution is -2.30. The zero-order valence-corrected chi connectivity index (χ0v) is 13.0. The first-order valence-corrected chi connectivity index (χ1v) is 7.07. The van der Waals surface area contributed by atoms with Crippen LogP contribution in [0.15, 0.2) is 42.5 Å². The van der Waals surface area contributed by atoms with Gasteiger partial charge in [-0.2, -0.15) is 0 Å². The van der Waals surface area contributed by atoms with Crippen LogP contribution in [0.2, 0.25) is 5.02 Å². The lowest BCUT2D eigenvalue weighted by atomic mass is 10.1. The molecule has 0 aliphatic heterocycles. The molecule has 21 heavy (non-hydrogen) atoms. The zero-order chi connectivity index (χ0) is 15.6. The molecular weight excluding hydrogens is 289 g/mol. The molecule has 110 valence electrons. The fraction of sp³-hybridized carbons (Fsp3) is 0.235. The standard InChI is InChI=1S/C17H17ClFNO/c1-11-6-4-9-15(16(11)19)17(21)20(3)12(2)13-7-5-8-14(18)10-13/h4-10,12H,1-3H3. The molecule has 4 heteroatoms. The van der Waals surface area contributed by atoms with Gasteiger partial charge in [0, 0.05) is 12.1 Å². The fourth-order valence-electron chi connectivity index (χ4n) is 2.17. The number of hydrogen-bond acceptors (Lipinski definition) is 1. The van der Waals surface area contributed by atoms with Crippen LogP contribution >= 0.6 is 11.6 Å². The molecule has 0 N–H and O–H groups in total. The summed E-state index contributed by atoms with van der Waals surface area (Å²) in [7, 11) is 1.66. The van der Waals surface area contributed by atoms with Crippen molar-refractivity contribution in [2.75, 3.05) is 7.05 Å². The van der Waals surface area contributed by atoms with Crippen molar-refractivity contribution in [3.05, 3.63) is 70.0 Å². The maximum atomic E-state index is 14.1. The van der Waals surface area contributed by atoms with Crippen molar-refractivity contribution >= 4 is 17.5 Å². The summed E-state index contributed by atoms with van der Waals surface area (Å²) in [5, 5.41) is 0.613. The van der Waals surface area contributed by atoms with Crippen molar-refractivity contribution in [1.29, 1.82) is 0 Å². The smallest absolute Gasteiger partial charge is 0.257 e. The molecule has 0 saturated heterocycles. The van der Waals surface area contributed by atoms with Gasteiger partial charge in [0.05, 0.1) is 11.6 Å². The highest BCUT2D eigenvalue weighted by atomic mass is 35.5. The van der Waals surface area contributed by atoms with E-state index in [1.807, 2.05) is 25.1 Å². The average molecular weight is 306 g/mol. The summed E-state index contributed by atoms with van der Waals surface area (Å²) in [6.07, 6.45) is 0. The van der Waals surface area contributed by atoms with Crippen molar-refractivity contribution < 1.29 is 9.18 Å². The summed E-state index contributed by atoms with van der Waals surface area (Å²) in [6, 6.07) is 12.0. The maximum Gasteiger partial charge on any atom is 0.257 e. The van der Waals surface area contributed by atoms with E-state index in [1.54, 1.807) is 32.2 Å². The molecule has 2 aromatic carbocycles. The lowest BCUT2D eigenvalue weighted by Gasteiger charge is -2.26.